The molecule has 1 atom stereocenters. The van der Waals surface area contributed by atoms with Crippen molar-refractivity contribution < 1.29 is 4.74 Å². The van der Waals surface area contributed by atoms with Crippen molar-refractivity contribution in [3.8, 4) is 0 Å². The first-order chi connectivity index (χ1) is 6.57. The Hall–Kier alpha value is -1.03. The number of aromatic nitrogens is 2. The smallest absolute Gasteiger partial charge is 0.0826 e. The summed E-state index contributed by atoms with van der Waals surface area (Å²) >= 11 is 0. The van der Waals surface area contributed by atoms with Gasteiger partial charge in [0.05, 0.1) is 23.1 Å². The molecule has 14 heavy (non-hydrogen) atoms. The molecule has 1 aromatic rings. The van der Waals surface area contributed by atoms with E-state index in [-0.39, 0.29) is 0 Å². The molecule has 0 aliphatic carbocycles. The largest absolute Gasteiger partial charge is 0.396 e. The SMILES string of the molecule is COCCC(C)n1nc(C)c(N)c1C. The molecule has 0 fully saturated rings. The second-order valence-electron chi connectivity index (χ2n) is 3.66. The minimum atomic E-state index is 0.339. The quantitative estimate of drug-likeness (QED) is 0.799. The summed E-state index contributed by atoms with van der Waals surface area (Å²) in [5.74, 6) is 0. The van der Waals surface area contributed by atoms with Crippen LogP contribution in [0.1, 0.15) is 30.8 Å². The molecule has 0 amide bonds. The lowest BCUT2D eigenvalue weighted by atomic mass is 10.2. The third-order valence-electron chi connectivity index (χ3n) is 2.54. The molecule has 4 heteroatoms. The maximum absolute atomic E-state index is 5.85. The Morgan fingerprint density at radius 1 is 1.50 bits per heavy atom. The Morgan fingerprint density at radius 3 is 2.57 bits per heavy atom. The lowest BCUT2D eigenvalue weighted by Gasteiger charge is -2.13. The van der Waals surface area contributed by atoms with E-state index in [0.29, 0.717) is 6.04 Å². The Morgan fingerprint density at radius 2 is 2.14 bits per heavy atom. The molecule has 0 aliphatic heterocycles. The summed E-state index contributed by atoms with van der Waals surface area (Å²) in [7, 11) is 1.71. The van der Waals surface area contributed by atoms with Crippen LogP contribution >= 0.6 is 0 Å². The van der Waals surface area contributed by atoms with E-state index in [4.69, 9.17) is 10.5 Å². The van der Waals surface area contributed by atoms with Crippen LogP contribution in [0.25, 0.3) is 0 Å². The van der Waals surface area contributed by atoms with Gasteiger partial charge in [0.15, 0.2) is 0 Å². The Balaban J connectivity index is 2.79. The van der Waals surface area contributed by atoms with Gasteiger partial charge in [-0.3, -0.25) is 4.68 Å². The first-order valence-corrected chi connectivity index (χ1v) is 4.88. The van der Waals surface area contributed by atoms with E-state index >= 15 is 0 Å². The Kier molecular flexibility index (Phi) is 3.52. The standard InChI is InChI=1S/C10H19N3O/c1-7(5-6-14-4)13-9(3)10(11)8(2)12-13/h7H,5-6,11H2,1-4H3. The van der Waals surface area contributed by atoms with Gasteiger partial charge in [0.1, 0.15) is 0 Å². The molecule has 0 radical (unpaired) electrons. The van der Waals surface area contributed by atoms with Crippen LogP contribution in [0, 0.1) is 13.8 Å². The van der Waals surface area contributed by atoms with Gasteiger partial charge in [0.25, 0.3) is 0 Å². The van der Waals surface area contributed by atoms with Crippen molar-refractivity contribution in [2.24, 2.45) is 0 Å². The van der Waals surface area contributed by atoms with Crippen molar-refractivity contribution >= 4 is 5.69 Å². The molecule has 0 aliphatic rings. The number of hydrogen-bond donors (Lipinski definition) is 1. The van der Waals surface area contributed by atoms with Crippen molar-refractivity contribution in [3.05, 3.63) is 11.4 Å². The summed E-state index contributed by atoms with van der Waals surface area (Å²) in [6.07, 6.45) is 0.956. The highest BCUT2D eigenvalue weighted by molar-refractivity contribution is 5.46. The monoisotopic (exact) mass is 197 g/mol. The number of nitrogens with zero attached hydrogens (tertiary/aromatic N) is 2. The van der Waals surface area contributed by atoms with Gasteiger partial charge in [-0.25, -0.2) is 0 Å². The van der Waals surface area contributed by atoms with Gasteiger partial charge in [-0.2, -0.15) is 5.10 Å². The van der Waals surface area contributed by atoms with E-state index < -0.39 is 0 Å². The third kappa shape index (κ3) is 2.07. The molecule has 2 N–H and O–H groups in total. The minimum Gasteiger partial charge on any atom is -0.396 e. The van der Waals surface area contributed by atoms with Gasteiger partial charge in [-0.15, -0.1) is 0 Å². The second kappa shape index (κ2) is 4.46. The van der Waals surface area contributed by atoms with Crippen molar-refractivity contribution in [2.45, 2.75) is 33.2 Å². The van der Waals surface area contributed by atoms with E-state index in [1.807, 2.05) is 18.5 Å². The molecule has 0 bridgehead atoms. The number of rotatable bonds is 4. The van der Waals surface area contributed by atoms with Crippen molar-refractivity contribution in [2.75, 3.05) is 19.5 Å². The zero-order valence-corrected chi connectivity index (χ0v) is 9.37. The molecule has 0 spiro atoms. The highest BCUT2D eigenvalue weighted by Crippen LogP contribution is 2.20. The number of methoxy groups -OCH3 is 1. The van der Waals surface area contributed by atoms with Crippen molar-refractivity contribution in [1.82, 2.24) is 9.78 Å². The average molecular weight is 197 g/mol. The lowest BCUT2D eigenvalue weighted by molar-refractivity contribution is 0.178. The molecule has 1 rings (SSSR count). The second-order valence-corrected chi connectivity index (χ2v) is 3.66. The van der Waals surface area contributed by atoms with Gasteiger partial charge < -0.3 is 10.5 Å². The molecular formula is C10H19N3O. The predicted octanol–water partition coefficient (Wildman–Crippen LogP) is 1.68. The molecule has 1 heterocycles. The zero-order valence-electron chi connectivity index (χ0n) is 9.37. The van der Waals surface area contributed by atoms with Crippen LogP contribution in [0.5, 0.6) is 0 Å². The fourth-order valence-corrected chi connectivity index (χ4v) is 1.52. The maximum atomic E-state index is 5.85. The Labute approximate surface area is 85.0 Å². The number of hydrogen-bond acceptors (Lipinski definition) is 3. The number of nitrogens with two attached hydrogens (primary N) is 1. The predicted molar refractivity (Wildman–Crippen MR) is 57.3 cm³/mol. The van der Waals surface area contributed by atoms with Crippen LogP contribution in [-0.4, -0.2) is 23.5 Å². The van der Waals surface area contributed by atoms with Crippen LogP contribution < -0.4 is 5.73 Å². The summed E-state index contributed by atoms with van der Waals surface area (Å²) in [5.41, 5.74) is 8.61. The molecular weight excluding hydrogens is 178 g/mol. The van der Waals surface area contributed by atoms with Crippen LogP contribution in [-0.2, 0) is 4.74 Å². The molecule has 0 aromatic carbocycles. The van der Waals surface area contributed by atoms with Crippen LogP contribution in [0.2, 0.25) is 0 Å². The van der Waals surface area contributed by atoms with E-state index in [1.165, 1.54) is 0 Å². The number of aryl methyl sites for hydroxylation is 1. The number of anilines is 1. The maximum Gasteiger partial charge on any atom is 0.0826 e. The van der Waals surface area contributed by atoms with Crippen LogP contribution in [0.4, 0.5) is 5.69 Å². The summed E-state index contributed by atoms with van der Waals surface area (Å²) in [6, 6.07) is 0.339. The summed E-state index contributed by atoms with van der Waals surface area (Å²) in [6.45, 7) is 6.80. The normalized spacial score (nSPS) is 13.1. The van der Waals surface area contributed by atoms with Crippen molar-refractivity contribution in [3.63, 3.8) is 0 Å². The first kappa shape index (κ1) is 11.0. The van der Waals surface area contributed by atoms with Gasteiger partial charge in [0.2, 0.25) is 0 Å². The fourth-order valence-electron chi connectivity index (χ4n) is 1.52. The van der Waals surface area contributed by atoms with E-state index in [2.05, 4.69) is 12.0 Å². The van der Waals surface area contributed by atoms with Gasteiger partial charge in [-0.1, -0.05) is 0 Å². The summed E-state index contributed by atoms with van der Waals surface area (Å²) in [5, 5.41) is 4.40. The average Bonchev–Trinajstić information content (AvgIpc) is 2.42. The highest BCUT2D eigenvalue weighted by Gasteiger charge is 2.12. The number of ether oxygens (including phenoxy) is 1. The van der Waals surface area contributed by atoms with Gasteiger partial charge in [0, 0.05) is 13.7 Å². The highest BCUT2D eigenvalue weighted by atomic mass is 16.5. The Bertz CT molecular complexity index is 307. The first-order valence-electron chi connectivity index (χ1n) is 4.88. The fraction of sp³-hybridized carbons (Fsp3) is 0.700. The summed E-state index contributed by atoms with van der Waals surface area (Å²) in [4.78, 5) is 0. The molecule has 1 unspecified atom stereocenters. The van der Waals surface area contributed by atoms with E-state index in [1.54, 1.807) is 7.11 Å². The van der Waals surface area contributed by atoms with Gasteiger partial charge >= 0.3 is 0 Å². The summed E-state index contributed by atoms with van der Waals surface area (Å²) < 4.78 is 7.01. The van der Waals surface area contributed by atoms with Crippen LogP contribution in [0.3, 0.4) is 0 Å². The molecule has 80 valence electrons. The third-order valence-corrected chi connectivity index (χ3v) is 2.54. The van der Waals surface area contributed by atoms with E-state index in [9.17, 15) is 0 Å². The molecule has 0 saturated heterocycles. The van der Waals surface area contributed by atoms with Gasteiger partial charge in [-0.05, 0) is 27.2 Å². The zero-order chi connectivity index (χ0) is 10.7. The molecule has 4 nitrogen and oxygen atoms in total. The lowest BCUT2D eigenvalue weighted by Crippen LogP contribution is -2.11. The topological polar surface area (TPSA) is 53.1 Å². The van der Waals surface area contributed by atoms with Crippen LogP contribution in [0.15, 0.2) is 0 Å². The number of nitrogen functional groups attached to an aromatic ring is 1. The molecule has 0 saturated carbocycles. The molecule has 1 aromatic heterocycles. The van der Waals surface area contributed by atoms with Crippen molar-refractivity contribution in [1.29, 1.82) is 0 Å². The van der Waals surface area contributed by atoms with E-state index in [0.717, 1.165) is 30.1 Å². The minimum absolute atomic E-state index is 0.339.